The van der Waals surface area contributed by atoms with E-state index >= 15 is 0 Å². The van der Waals surface area contributed by atoms with Gasteiger partial charge in [0.1, 0.15) is 5.75 Å². The summed E-state index contributed by atoms with van der Waals surface area (Å²) in [5.41, 5.74) is 1.81. The minimum atomic E-state index is -3.37. The summed E-state index contributed by atoms with van der Waals surface area (Å²) in [6.45, 7) is 1.82. The first-order valence-electron chi connectivity index (χ1n) is 10.4. The van der Waals surface area contributed by atoms with E-state index in [9.17, 15) is 18.0 Å². The van der Waals surface area contributed by atoms with Gasteiger partial charge in [-0.15, -0.1) is 0 Å². The van der Waals surface area contributed by atoms with E-state index in [-0.39, 0.29) is 11.7 Å². The Bertz CT molecular complexity index is 1230. The van der Waals surface area contributed by atoms with Crippen molar-refractivity contribution in [3.8, 4) is 5.75 Å². The highest BCUT2D eigenvalue weighted by Crippen LogP contribution is 2.23. The van der Waals surface area contributed by atoms with E-state index in [1.807, 2.05) is 13.0 Å². The van der Waals surface area contributed by atoms with E-state index in [1.54, 1.807) is 72.8 Å². The maximum absolute atomic E-state index is 12.9. The molecule has 33 heavy (non-hydrogen) atoms. The number of carbonyl (C=O) groups excluding carboxylic acids is 2. The molecule has 172 valence electrons. The zero-order valence-corrected chi connectivity index (χ0v) is 19.5. The summed E-state index contributed by atoms with van der Waals surface area (Å²) in [4.78, 5) is 25.8. The van der Waals surface area contributed by atoms with Crippen molar-refractivity contribution in [2.45, 2.75) is 19.4 Å². The number of carbonyl (C=O) groups is 2. The quantitative estimate of drug-likeness (QED) is 0.479. The standard InChI is InChI=1S/C25H26N2O5S/c1-4-23(32-20-16-14-19(15-17-20)27(2)33(3,30)31)25(29)26-22-13-9-8-12-21(22)24(28)18-10-6-5-7-11-18/h5-17,23H,4H2,1-3H3,(H,26,29)/t23-/m1/s1. The largest absolute Gasteiger partial charge is 0.481 e. The number of nitrogens with one attached hydrogen (secondary N) is 1. The molecule has 1 N–H and O–H groups in total. The Kier molecular flexibility index (Phi) is 7.50. The predicted molar refractivity (Wildman–Crippen MR) is 129 cm³/mol. The number of amides is 1. The fraction of sp³-hybridized carbons (Fsp3) is 0.200. The second kappa shape index (κ2) is 10.3. The van der Waals surface area contributed by atoms with Crippen LogP contribution >= 0.6 is 0 Å². The van der Waals surface area contributed by atoms with Crippen LogP contribution in [0.5, 0.6) is 5.75 Å². The van der Waals surface area contributed by atoms with Crippen molar-refractivity contribution >= 4 is 33.1 Å². The molecule has 3 rings (SSSR count). The number of hydrogen-bond acceptors (Lipinski definition) is 5. The van der Waals surface area contributed by atoms with Crippen molar-refractivity contribution in [2.75, 3.05) is 22.9 Å². The first kappa shape index (κ1) is 24.0. The third-order valence-corrected chi connectivity index (χ3v) is 6.31. The molecule has 3 aromatic rings. The van der Waals surface area contributed by atoms with Crippen molar-refractivity contribution < 1.29 is 22.7 Å². The van der Waals surface area contributed by atoms with Gasteiger partial charge in [-0.05, 0) is 42.8 Å². The summed E-state index contributed by atoms with van der Waals surface area (Å²) in [6.07, 6.45) is 0.712. The number of benzene rings is 3. The monoisotopic (exact) mass is 466 g/mol. The molecule has 1 amide bonds. The first-order chi connectivity index (χ1) is 15.7. The van der Waals surface area contributed by atoms with E-state index in [0.29, 0.717) is 34.7 Å². The van der Waals surface area contributed by atoms with Crippen LogP contribution in [0.4, 0.5) is 11.4 Å². The van der Waals surface area contributed by atoms with E-state index < -0.39 is 16.1 Å². The lowest BCUT2D eigenvalue weighted by molar-refractivity contribution is -0.122. The number of ketones is 1. The van der Waals surface area contributed by atoms with Crippen molar-refractivity contribution in [1.82, 2.24) is 0 Å². The minimum Gasteiger partial charge on any atom is -0.481 e. The van der Waals surface area contributed by atoms with Crippen molar-refractivity contribution in [3.05, 3.63) is 90.0 Å². The molecule has 0 heterocycles. The smallest absolute Gasteiger partial charge is 0.265 e. The number of ether oxygens (including phenoxy) is 1. The molecule has 0 bridgehead atoms. The van der Waals surface area contributed by atoms with Crippen LogP contribution in [0.15, 0.2) is 78.9 Å². The summed E-state index contributed by atoms with van der Waals surface area (Å²) in [6, 6.07) is 22.1. The number of hydrogen-bond donors (Lipinski definition) is 1. The molecule has 0 aromatic heterocycles. The molecule has 0 aliphatic rings. The number of nitrogens with zero attached hydrogens (tertiary/aromatic N) is 1. The lowest BCUT2D eigenvalue weighted by atomic mass is 10.0. The van der Waals surface area contributed by atoms with Gasteiger partial charge in [-0.1, -0.05) is 49.4 Å². The van der Waals surface area contributed by atoms with Gasteiger partial charge in [0.2, 0.25) is 10.0 Å². The lowest BCUT2D eigenvalue weighted by Gasteiger charge is -2.20. The van der Waals surface area contributed by atoms with Gasteiger partial charge in [-0.2, -0.15) is 0 Å². The van der Waals surface area contributed by atoms with Crippen molar-refractivity contribution in [3.63, 3.8) is 0 Å². The van der Waals surface area contributed by atoms with Crippen LogP contribution in [0.3, 0.4) is 0 Å². The number of anilines is 2. The zero-order chi connectivity index (χ0) is 24.0. The summed E-state index contributed by atoms with van der Waals surface area (Å²) < 4.78 is 30.4. The van der Waals surface area contributed by atoms with Gasteiger partial charge in [0.05, 0.1) is 17.6 Å². The van der Waals surface area contributed by atoms with Crippen molar-refractivity contribution in [2.24, 2.45) is 0 Å². The molecule has 0 unspecified atom stereocenters. The highest BCUT2D eigenvalue weighted by Gasteiger charge is 2.22. The van der Waals surface area contributed by atoms with E-state index in [1.165, 1.54) is 7.05 Å². The second-order valence-corrected chi connectivity index (χ2v) is 9.48. The Labute approximate surface area is 194 Å². The number of para-hydroxylation sites is 1. The van der Waals surface area contributed by atoms with E-state index in [4.69, 9.17) is 4.74 Å². The molecular weight excluding hydrogens is 440 g/mol. The Morgan fingerprint density at radius 3 is 2.15 bits per heavy atom. The van der Waals surface area contributed by atoms with Gasteiger partial charge in [0, 0.05) is 18.2 Å². The first-order valence-corrected chi connectivity index (χ1v) is 12.3. The van der Waals surface area contributed by atoms with Gasteiger partial charge in [-0.3, -0.25) is 13.9 Å². The normalized spacial score (nSPS) is 12.0. The molecule has 0 aliphatic carbocycles. The van der Waals surface area contributed by atoms with Crippen molar-refractivity contribution in [1.29, 1.82) is 0 Å². The fourth-order valence-electron chi connectivity index (χ4n) is 3.16. The average molecular weight is 467 g/mol. The third-order valence-electron chi connectivity index (χ3n) is 5.10. The number of sulfonamides is 1. The highest BCUT2D eigenvalue weighted by molar-refractivity contribution is 7.92. The molecule has 0 spiro atoms. The van der Waals surface area contributed by atoms with E-state index in [2.05, 4.69) is 5.32 Å². The molecule has 8 heteroatoms. The SMILES string of the molecule is CC[C@@H](Oc1ccc(N(C)S(C)(=O)=O)cc1)C(=O)Nc1ccccc1C(=O)c1ccccc1. The van der Waals surface area contributed by atoms with Crippen LogP contribution in [0.25, 0.3) is 0 Å². The highest BCUT2D eigenvalue weighted by atomic mass is 32.2. The minimum absolute atomic E-state index is 0.189. The zero-order valence-electron chi connectivity index (χ0n) is 18.7. The van der Waals surface area contributed by atoms with Gasteiger partial charge >= 0.3 is 0 Å². The number of rotatable bonds is 9. The van der Waals surface area contributed by atoms with Crippen LogP contribution < -0.4 is 14.4 Å². The van der Waals surface area contributed by atoms with Crippen LogP contribution in [0.2, 0.25) is 0 Å². The lowest BCUT2D eigenvalue weighted by Crippen LogP contribution is -2.33. The molecule has 0 fully saturated rings. The van der Waals surface area contributed by atoms with Gasteiger partial charge in [0.15, 0.2) is 11.9 Å². The molecule has 0 saturated heterocycles. The Balaban J connectivity index is 1.74. The maximum Gasteiger partial charge on any atom is 0.265 e. The van der Waals surface area contributed by atoms with Crippen LogP contribution in [-0.2, 0) is 14.8 Å². The second-order valence-electron chi connectivity index (χ2n) is 7.47. The molecule has 0 radical (unpaired) electrons. The van der Waals surface area contributed by atoms with Crippen LogP contribution in [-0.4, -0.2) is 39.5 Å². The van der Waals surface area contributed by atoms with Crippen LogP contribution in [0.1, 0.15) is 29.3 Å². The Morgan fingerprint density at radius 2 is 1.55 bits per heavy atom. The summed E-state index contributed by atoms with van der Waals surface area (Å²) in [7, 11) is -1.91. The van der Waals surface area contributed by atoms with E-state index in [0.717, 1.165) is 10.6 Å². The Hall–Kier alpha value is -3.65. The average Bonchev–Trinajstić information content (AvgIpc) is 2.82. The maximum atomic E-state index is 12.9. The Morgan fingerprint density at radius 1 is 0.939 bits per heavy atom. The fourth-order valence-corrected chi connectivity index (χ4v) is 3.67. The van der Waals surface area contributed by atoms with Gasteiger partial charge < -0.3 is 10.1 Å². The molecule has 0 saturated carbocycles. The summed E-state index contributed by atoms with van der Waals surface area (Å²) >= 11 is 0. The third kappa shape index (κ3) is 5.98. The topological polar surface area (TPSA) is 92.8 Å². The van der Waals surface area contributed by atoms with Gasteiger partial charge in [0.25, 0.3) is 5.91 Å². The molecule has 1 atom stereocenters. The molecule has 3 aromatic carbocycles. The van der Waals surface area contributed by atoms with Crippen LogP contribution in [0, 0.1) is 0 Å². The summed E-state index contributed by atoms with van der Waals surface area (Å²) in [5.74, 6) is -0.148. The summed E-state index contributed by atoms with van der Waals surface area (Å²) in [5, 5.41) is 2.81. The molecular formula is C25H26N2O5S. The predicted octanol–water partition coefficient (Wildman–Crippen LogP) is 4.11. The molecule has 7 nitrogen and oxygen atoms in total. The molecule has 0 aliphatic heterocycles. The van der Waals surface area contributed by atoms with Gasteiger partial charge in [-0.25, -0.2) is 8.42 Å².